The van der Waals surface area contributed by atoms with Crippen LogP contribution in [0.4, 0.5) is 11.4 Å². The van der Waals surface area contributed by atoms with Crippen molar-refractivity contribution in [1.29, 1.82) is 0 Å². The van der Waals surface area contributed by atoms with Crippen molar-refractivity contribution in [2.75, 3.05) is 10.6 Å². The molecule has 0 saturated heterocycles. The standard InChI is InChI=1S/C25H23ClN2O2/c26-20-10-6-7-18(17-20)23(29)27-21-11-13-22(14-12-21)28-24(30)25(15-4-5-16-25)19-8-2-1-3-9-19/h1-3,6-14,17H,4-5,15-16H2,(H,27,29)(H,28,30). The van der Waals surface area contributed by atoms with Gasteiger partial charge in [-0.3, -0.25) is 9.59 Å². The summed E-state index contributed by atoms with van der Waals surface area (Å²) in [5, 5.41) is 6.43. The van der Waals surface area contributed by atoms with Crippen molar-refractivity contribution in [2.45, 2.75) is 31.1 Å². The molecular weight excluding hydrogens is 396 g/mol. The maximum atomic E-state index is 13.2. The Balaban J connectivity index is 1.45. The van der Waals surface area contributed by atoms with E-state index in [0.717, 1.165) is 31.2 Å². The number of halogens is 1. The number of hydrogen-bond acceptors (Lipinski definition) is 2. The average Bonchev–Trinajstić information content (AvgIpc) is 3.27. The lowest BCUT2D eigenvalue weighted by Gasteiger charge is -2.28. The third-order valence-corrected chi connectivity index (χ3v) is 5.94. The van der Waals surface area contributed by atoms with Gasteiger partial charge in [0.2, 0.25) is 5.91 Å². The molecule has 0 atom stereocenters. The normalized spacial score (nSPS) is 14.8. The van der Waals surface area contributed by atoms with Crippen molar-refractivity contribution in [1.82, 2.24) is 0 Å². The van der Waals surface area contributed by atoms with Crippen LogP contribution in [0.1, 0.15) is 41.6 Å². The van der Waals surface area contributed by atoms with Crippen LogP contribution in [0.3, 0.4) is 0 Å². The second kappa shape index (κ2) is 8.72. The number of anilines is 2. The van der Waals surface area contributed by atoms with E-state index in [1.165, 1.54) is 0 Å². The van der Waals surface area contributed by atoms with Crippen molar-refractivity contribution < 1.29 is 9.59 Å². The number of hydrogen-bond donors (Lipinski definition) is 2. The minimum Gasteiger partial charge on any atom is -0.325 e. The van der Waals surface area contributed by atoms with E-state index in [1.807, 2.05) is 30.3 Å². The van der Waals surface area contributed by atoms with Gasteiger partial charge in [-0.15, -0.1) is 0 Å². The third kappa shape index (κ3) is 4.24. The molecule has 4 rings (SSSR count). The van der Waals surface area contributed by atoms with E-state index >= 15 is 0 Å². The number of rotatable bonds is 5. The Kier molecular flexibility index (Phi) is 5.86. The zero-order valence-electron chi connectivity index (χ0n) is 16.5. The van der Waals surface area contributed by atoms with Gasteiger partial charge in [-0.05, 0) is 60.9 Å². The second-order valence-corrected chi connectivity index (χ2v) is 8.09. The highest BCUT2D eigenvalue weighted by Crippen LogP contribution is 2.42. The predicted molar refractivity (Wildman–Crippen MR) is 121 cm³/mol. The van der Waals surface area contributed by atoms with Crippen LogP contribution in [-0.2, 0) is 10.2 Å². The monoisotopic (exact) mass is 418 g/mol. The van der Waals surface area contributed by atoms with Gasteiger partial charge in [-0.2, -0.15) is 0 Å². The Morgan fingerprint density at radius 2 is 1.40 bits per heavy atom. The van der Waals surface area contributed by atoms with Gasteiger partial charge in [0.1, 0.15) is 0 Å². The fraction of sp³-hybridized carbons (Fsp3) is 0.200. The Bertz CT molecular complexity index is 1040. The zero-order valence-corrected chi connectivity index (χ0v) is 17.3. The minimum atomic E-state index is -0.472. The van der Waals surface area contributed by atoms with E-state index in [-0.39, 0.29) is 11.8 Å². The first-order chi connectivity index (χ1) is 14.6. The van der Waals surface area contributed by atoms with Crippen molar-refractivity contribution in [3.8, 4) is 0 Å². The first-order valence-electron chi connectivity index (χ1n) is 10.1. The fourth-order valence-electron chi connectivity index (χ4n) is 4.10. The largest absolute Gasteiger partial charge is 0.325 e. The second-order valence-electron chi connectivity index (χ2n) is 7.65. The molecule has 0 heterocycles. The van der Waals surface area contributed by atoms with Gasteiger partial charge in [0.25, 0.3) is 5.91 Å². The van der Waals surface area contributed by atoms with E-state index in [9.17, 15) is 9.59 Å². The summed E-state index contributed by atoms with van der Waals surface area (Å²) in [7, 11) is 0. The van der Waals surface area contributed by atoms with Crippen LogP contribution in [0, 0.1) is 0 Å². The van der Waals surface area contributed by atoms with E-state index < -0.39 is 5.41 Å². The number of amides is 2. The average molecular weight is 419 g/mol. The van der Waals surface area contributed by atoms with Gasteiger partial charge in [-0.25, -0.2) is 0 Å². The van der Waals surface area contributed by atoms with Crippen LogP contribution in [-0.4, -0.2) is 11.8 Å². The first-order valence-corrected chi connectivity index (χ1v) is 10.5. The molecule has 0 unspecified atom stereocenters. The lowest BCUT2D eigenvalue weighted by atomic mass is 9.78. The molecule has 4 nitrogen and oxygen atoms in total. The summed E-state index contributed by atoms with van der Waals surface area (Å²) in [6.45, 7) is 0. The van der Waals surface area contributed by atoms with Crippen molar-refractivity contribution in [3.05, 3.63) is 95.0 Å². The molecule has 1 aliphatic carbocycles. The van der Waals surface area contributed by atoms with Crippen LogP contribution >= 0.6 is 11.6 Å². The third-order valence-electron chi connectivity index (χ3n) is 5.71. The van der Waals surface area contributed by atoms with Gasteiger partial charge in [0.15, 0.2) is 0 Å². The quantitative estimate of drug-likeness (QED) is 0.530. The molecule has 0 aliphatic heterocycles. The molecule has 3 aromatic rings. The summed E-state index contributed by atoms with van der Waals surface area (Å²) in [6, 6.07) is 24.0. The molecule has 1 aliphatic rings. The highest BCUT2D eigenvalue weighted by atomic mass is 35.5. The number of nitrogens with one attached hydrogen (secondary N) is 2. The molecule has 0 radical (unpaired) electrons. The van der Waals surface area contributed by atoms with Crippen LogP contribution in [0.15, 0.2) is 78.9 Å². The smallest absolute Gasteiger partial charge is 0.255 e. The van der Waals surface area contributed by atoms with E-state index in [4.69, 9.17) is 11.6 Å². The summed E-state index contributed by atoms with van der Waals surface area (Å²) in [4.78, 5) is 25.6. The number of benzene rings is 3. The van der Waals surface area contributed by atoms with Crippen molar-refractivity contribution >= 4 is 34.8 Å². The van der Waals surface area contributed by atoms with Gasteiger partial charge in [-0.1, -0.05) is 60.8 Å². The molecule has 152 valence electrons. The molecule has 0 spiro atoms. The van der Waals surface area contributed by atoms with Gasteiger partial charge in [0.05, 0.1) is 5.41 Å². The van der Waals surface area contributed by atoms with Gasteiger partial charge in [0, 0.05) is 22.0 Å². The van der Waals surface area contributed by atoms with E-state index in [0.29, 0.717) is 22.0 Å². The maximum Gasteiger partial charge on any atom is 0.255 e. The predicted octanol–water partition coefficient (Wildman–Crippen LogP) is 6.04. The van der Waals surface area contributed by atoms with Crippen molar-refractivity contribution in [3.63, 3.8) is 0 Å². The minimum absolute atomic E-state index is 0.0295. The fourth-order valence-corrected chi connectivity index (χ4v) is 4.29. The van der Waals surface area contributed by atoms with E-state index in [2.05, 4.69) is 10.6 Å². The van der Waals surface area contributed by atoms with Crippen LogP contribution < -0.4 is 10.6 Å². The van der Waals surface area contributed by atoms with E-state index in [1.54, 1.807) is 48.5 Å². The first kappa shape index (κ1) is 20.2. The molecule has 2 N–H and O–H groups in total. The Labute approximate surface area is 181 Å². The molecule has 3 aromatic carbocycles. The summed E-state index contributed by atoms with van der Waals surface area (Å²) in [5.41, 5.74) is 2.46. The molecule has 0 bridgehead atoms. The number of carbonyl (C=O) groups excluding carboxylic acids is 2. The van der Waals surface area contributed by atoms with Crippen LogP contribution in [0.5, 0.6) is 0 Å². The molecule has 1 saturated carbocycles. The van der Waals surface area contributed by atoms with Gasteiger partial charge >= 0.3 is 0 Å². The molecule has 30 heavy (non-hydrogen) atoms. The summed E-state index contributed by atoms with van der Waals surface area (Å²) in [6.07, 6.45) is 3.82. The van der Waals surface area contributed by atoms with Crippen LogP contribution in [0.2, 0.25) is 5.02 Å². The lowest BCUT2D eigenvalue weighted by molar-refractivity contribution is -0.121. The summed E-state index contributed by atoms with van der Waals surface area (Å²) < 4.78 is 0. The van der Waals surface area contributed by atoms with Crippen molar-refractivity contribution in [2.24, 2.45) is 0 Å². The van der Waals surface area contributed by atoms with Gasteiger partial charge < -0.3 is 10.6 Å². The Hall–Kier alpha value is -3.11. The van der Waals surface area contributed by atoms with Crippen LogP contribution in [0.25, 0.3) is 0 Å². The Morgan fingerprint density at radius 3 is 2.03 bits per heavy atom. The summed E-state index contributed by atoms with van der Waals surface area (Å²) in [5.74, 6) is -0.204. The Morgan fingerprint density at radius 1 is 0.767 bits per heavy atom. The molecule has 0 aromatic heterocycles. The molecule has 5 heteroatoms. The highest BCUT2D eigenvalue weighted by molar-refractivity contribution is 6.31. The highest BCUT2D eigenvalue weighted by Gasteiger charge is 2.42. The number of carbonyl (C=O) groups is 2. The SMILES string of the molecule is O=C(Nc1ccc(NC(=O)C2(c3ccccc3)CCCC2)cc1)c1cccc(Cl)c1. The lowest BCUT2D eigenvalue weighted by Crippen LogP contribution is -2.37. The molecule has 1 fully saturated rings. The molecule has 2 amide bonds. The maximum absolute atomic E-state index is 13.2. The summed E-state index contributed by atoms with van der Waals surface area (Å²) >= 11 is 5.95. The molecular formula is C25H23ClN2O2. The zero-order chi connectivity index (χ0) is 21.0. The topological polar surface area (TPSA) is 58.2 Å².